The lowest BCUT2D eigenvalue weighted by Crippen LogP contribution is -2.44. The molecule has 0 unspecified atom stereocenters. The zero-order chi connectivity index (χ0) is 18.9. The third-order valence-corrected chi connectivity index (χ3v) is 3.09. The van der Waals surface area contributed by atoms with Crippen molar-refractivity contribution in [3.8, 4) is 11.5 Å². The number of carbonyl (C=O) groups is 6. The SMILES string of the molecule is CC(=O)Oc1ccc(OC(C)=O)c2c1C(=O)C(=O)[C@H](OC(C)=O)C2=O. The van der Waals surface area contributed by atoms with E-state index in [1.54, 1.807) is 0 Å². The van der Waals surface area contributed by atoms with E-state index in [1.807, 2.05) is 0 Å². The van der Waals surface area contributed by atoms with Crippen LogP contribution in [0.5, 0.6) is 11.5 Å². The summed E-state index contributed by atoms with van der Waals surface area (Å²) < 4.78 is 14.3. The molecule has 0 saturated carbocycles. The topological polar surface area (TPSA) is 130 Å². The first-order valence-electron chi connectivity index (χ1n) is 6.97. The van der Waals surface area contributed by atoms with E-state index in [9.17, 15) is 28.8 Å². The number of ether oxygens (including phenoxy) is 3. The molecule has 1 aliphatic rings. The molecule has 0 aromatic heterocycles. The quantitative estimate of drug-likeness (QED) is 0.330. The van der Waals surface area contributed by atoms with Gasteiger partial charge in [0.1, 0.15) is 11.5 Å². The third kappa shape index (κ3) is 3.44. The Balaban J connectivity index is 2.71. The van der Waals surface area contributed by atoms with Gasteiger partial charge in [-0.1, -0.05) is 0 Å². The van der Waals surface area contributed by atoms with Crippen LogP contribution in [0, 0.1) is 0 Å². The van der Waals surface area contributed by atoms with Gasteiger partial charge in [0.15, 0.2) is 0 Å². The van der Waals surface area contributed by atoms with E-state index in [2.05, 4.69) is 4.74 Å². The van der Waals surface area contributed by atoms with Crippen LogP contribution in [-0.4, -0.2) is 41.4 Å². The van der Waals surface area contributed by atoms with Crippen LogP contribution < -0.4 is 9.47 Å². The van der Waals surface area contributed by atoms with E-state index >= 15 is 0 Å². The standard InChI is InChI=1S/C16H12O9/c1-6(17)23-9-4-5-10(24-7(2)18)12-11(9)13(20)15(22)16(14(12)21)25-8(3)19/h4-5,16H,1-3H3/t16-/m1/s1. The van der Waals surface area contributed by atoms with Gasteiger partial charge in [0, 0.05) is 20.8 Å². The molecule has 25 heavy (non-hydrogen) atoms. The highest BCUT2D eigenvalue weighted by Crippen LogP contribution is 2.36. The Hall–Kier alpha value is -3.36. The molecule has 0 heterocycles. The van der Waals surface area contributed by atoms with Crippen molar-refractivity contribution in [2.24, 2.45) is 0 Å². The van der Waals surface area contributed by atoms with Crippen LogP contribution >= 0.6 is 0 Å². The zero-order valence-corrected chi connectivity index (χ0v) is 13.4. The molecular formula is C16H12O9. The van der Waals surface area contributed by atoms with Gasteiger partial charge in [0.25, 0.3) is 5.78 Å². The summed E-state index contributed by atoms with van der Waals surface area (Å²) in [6.07, 6.45) is -1.99. The van der Waals surface area contributed by atoms with Gasteiger partial charge in [0.2, 0.25) is 17.7 Å². The van der Waals surface area contributed by atoms with E-state index in [1.165, 1.54) is 0 Å². The number of Topliss-reactive ketones (excluding diaryl/α,β-unsaturated/α-hetero) is 3. The van der Waals surface area contributed by atoms with Crippen LogP contribution in [0.15, 0.2) is 12.1 Å². The predicted octanol–water partition coefficient (Wildman–Crippen LogP) is 0.417. The maximum atomic E-state index is 12.6. The molecule has 9 nitrogen and oxygen atoms in total. The van der Waals surface area contributed by atoms with Gasteiger partial charge in [-0.2, -0.15) is 0 Å². The second kappa shape index (κ2) is 6.63. The first-order valence-corrected chi connectivity index (χ1v) is 6.97. The Morgan fingerprint density at radius 3 is 1.68 bits per heavy atom. The third-order valence-electron chi connectivity index (χ3n) is 3.09. The molecule has 0 spiro atoms. The van der Waals surface area contributed by atoms with Gasteiger partial charge in [-0.15, -0.1) is 0 Å². The Labute approximate surface area is 140 Å². The number of hydrogen-bond acceptors (Lipinski definition) is 9. The van der Waals surface area contributed by atoms with Crippen molar-refractivity contribution in [3.63, 3.8) is 0 Å². The number of benzene rings is 1. The van der Waals surface area contributed by atoms with Gasteiger partial charge in [-0.05, 0) is 12.1 Å². The molecule has 130 valence electrons. The van der Waals surface area contributed by atoms with E-state index < -0.39 is 52.5 Å². The van der Waals surface area contributed by atoms with Crippen molar-refractivity contribution < 1.29 is 43.0 Å². The van der Waals surface area contributed by atoms with Crippen molar-refractivity contribution in [2.75, 3.05) is 0 Å². The summed E-state index contributed by atoms with van der Waals surface area (Å²) in [6.45, 7) is 3.09. The number of ketones is 3. The van der Waals surface area contributed by atoms with Crippen molar-refractivity contribution in [1.29, 1.82) is 0 Å². The fourth-order valence-corrected chi connectivity index (χ4v) is 2.28. The van der Waals surface area contributed by atoms with Crippen LogP contribution in [0.25, 0.3) is 0 Å². The number of hydrogen-bond donors (Lipinski definition) is 0. The van der Waals surface area contributed by atoms with Gasteiger partial charge < -0.3 is 14.2 Å². The molecule has 1 atom stereocenters. The maximum absolute atomic E-state index is 12.6. The van der Waals surface area contributed by atoms with Gasteiger partial charge in [0.05, 0.1) is 11.1 Å². The van der Waals surface area contributed by atoms with E-state index in [0.717, 1.165) is 32.9 Å². The Morgan fingerprint density at radius 1 is 0.760 bits per heavy atom. The van der Waals surface area contributed by atoms with Crippen LogP contribution in [0.3, 0.4) is 0 Å². The molecule has 0 saturated heterocycles. The number of carbonyl (C=O) groups excluding carboxylic acids is 6. The van der Waals surface area contributed by atoms with Crippen LogP contribution in [0.2, 0.25) is 0 Å². The Kier molecular flexibility index (Phi) is 4.77. The minimum absolute atomic E-state index is 0.318. The largest absolute Gasteiger partial charge is 0.445 e. The fraction of sp³-hybridized carbons (Fsp3) is 0.250. The molecule has 1 aromatic carbocycles. The molecule has 1 aromatic rings. The number of esters is 3. The first-order chi connectivity index (χ1) is 11.6. The number of fused-ring (bicyclic) bond motifs is 1. The summed E-state index contributed by atoms with van der Waals surface area (Å²) in [5, 5.41) is 0. The summed E-state index contributed by atoms with van der Waals surface area (Å²) in [6, 6.07) is 2.24. The highest BCUT2D eigenvalue weighted by atomic mass is 16.6. The van der Waals surface area contributed by atoms with Gasteiger partial charge in [-0.25, -0.2) is 0 Å². The summed E-state index contributed by atoms with van der Waals surface area (Å²) in [7, 11) is 0. The highest BCUT2D eigenvalue weighted by molar-refractivity contribution is 6.54. The normalized spacial score (nSPS) is 16.1. The average molecular weight is 348 g/mol. The Bertz CT molecular complexity index is 834. The second-order valence-corrected chi connectivity index (χ2v) is 5.05. The number of rotatable bonds is 3. The molecule has 0 amide bonds. The van der Waals surface area contributed by atoms with Crippen molar-refractivity contribution in [3.05, 3.63) is 23.3 Å². The van der Waals surface area contributed by atoms with Crippen LogP contribution in [-0.2, 0) is 23.9 Å². The van der Waals surface area contributed by atoms with E-state index in [4.69, 9.17) is 9.47 Å². The maximum Gasteiger partial charge on any atom is 0.308 e. The lowest BCUT2D eigenvalue weighted by Gasteiger charge is -2.23. The van der Waals surface area contributed by atoms with Crippen LogP contribution in [0.1, 0.15) is 41.5 Å². The fourth-order valence-electron chi connectivity index (χ4n) is 2.28. The molecule has 0 aliphatic heterocycles. The molecule has 9 heteroatoms. The van der Waals surface area contributed by atoms with Gasteiger partial charge >= 0.3 is 17.9 Å². The van der Waals surface area contributed by atoms with Crippen molar-refractivity contribution >= 4 is 35.3 Å². The Morgan fingerprint density at radius 2 is 1.24 bits per heavy atom. The summed E-state index contributed by atoms with van der Waals surface area (Å²) in [5.74, 6) is -6.74. The van der Waals surface area contributed by atoms with Crippen LogP contribution in [0.4, 0.5) is 0 Å². The monoisotopic (exact) mass is 348 g/mol. The van der Waals surface area contributed by atoms with E-state index in [0.29, 0.717) is 0 Å². The lowest BCUT2D eigenvalue weighted by molar-refractivity contribution is -0.148. The highest BCUT2D eigenvalue weighted by Gasteiger charge is 2.46. The molecule has 2 rings (SSSR count). The second-order valence-electron chi connectivity index (χ2n) is 5.05. The van der Waals surface area contributed by atoms with E-state index in [-0.39, 0.29) is 11.5 Å². The van der Waals surface area contributed by atoms with Gasteiger partial charge in [-0.3, -0.25) is 28.8 Å². The minimum atomic E-state index is -1.99. The minimum Gasteiger partial charge on any atom is -0.445 e. The zero-order valence-electron chi connectivity index (χ0n) is 13.4. The smallest absolute Gasteiger partial charge is 0.308 e. The predicted molar refractivity (Wildman–Crippen MR) is 78.3 cm³/mol. The average Bonchev–Trinajstić information content (AvgIpc) is 2.49. The molecule has 0 N–H and O–H groups in total. The molecule has 0 fully saturated rings. The van der Waals surface area contributed by atoms with Crippen molar-refractivity contribution in [1.82, 2.24) is 0 Å². The van der Waals surface area contributed by atoms with Crippen molar-refractivity contribution in [2.45, 2.75) is 26.9 Å². The molecule has 0 radical (unpaired) electrons. The summed E-state index contributed by atoms with van der Waals surface area (Å²) in [5.41, 5.74) is -0.989. The molecule has 1 aliphatic carbocycles. The lowest BCUT2D eigenvalue weighted by atomic mass is 9.85. The first kappa shape index (κ1) is 18.0. The molecule has 0 bridgehead atoms. The summed E-state index contributed by atoms with van der Waals surface area (Å²) in [4.78, 5) is 70.6. The molecular weight excluding hydrogens is 336 g/mol. The summed E-state index contributed by atoms with van der Waals surface area (Å²) >= 11 is 0.